The molecule has 28 heavy (non-hydrogen) atoms. The highest BCUT2D eigenvalue weighted by Crippen LogP contribution is 2.20. The minimum atomic E-state index is -3.73. The van der Waals surface area contributed by atoms with Crippen molar-refractivity contribution < 1.29 is 13.2 Å². The van der Waals surface area contributed by atoms with Crippen LogP contribution in [-0.4, -0.2) is 14.3 Å². The third-order valence-electron chi connectivity index (χ3n) is 4.29. The van der Waals surface area contributed by atoms with Crippen LogP contribution in [-0.2, 0) is 10.0 Å². The van der Waals surface area contributed by atoms with Crippen LogP contribution in [0.25, 0.3) is 0 Å². The van der Waals surface area contributed by atoms with Crippen LogP contribution in [0.4, 0.5) is 11.4 Å². The second-order valence-electron chi connectivity index (χ2n) is 6.39. The van der Waals surface area contributed by atoms with Gasteiger partial charge in [-0.2, -0.15) is 0 Å². The van der Waals surface area contributed by atoms with Gasteiger partial charge in [0, 0.05) is 22.0 Å². The highest BCUT2D eigenvalue weighted by molar-refractivity contribution is 7.92. The number of benzene rings is 3. The first kappa shape index (κ1) is 19.9. The van der Waals surface area contributed by atoms with E-state index in [1.165, 1.54) is 24.3 Å². The van der Waals surface area contributed by atoms with Crippen LogP contribution in [0.5, 0.6) is 0 Å². The first-order valence-electron chi connectivity index (χ1n) is 8.52. The van der Waals surface area contributed by atoms with Crippen LogP contribution in [0.1, 0.15) is 21.5 Å². The molecule has 7 heteroatoms. The van der Waals surface area contributed by atoms with E-state index in [-0.39, 0.29) is 10.8 Å². The molecule has 2 N–H and O–H groups in total. The zero-order chi connectivity index (χ0) is 20.3. The van der Waals surface area contributed by atoms with Crippen LogP contribution in [0, 0.1) is 13.8 Å². The summed E-state index contributed by atoms with van der Waals surface area (Å²) < 4.78 is 27.3. The monoisotopic (exact) mass is 414 g/mol. The van der Waals surface area contributed by atoms with Crippen molar-refractivity contribution in [2.45, 2.75) is 18.7 Å². The lowest BCUT2D eigenvalue weighted by molar-refractivity contribution is 0.102. The van der Waals surface area contributed by atoms with Gasteiger partial charge in [0.25, 0.3) is 15.9 Å². The van der Waals surface area contributed by atoms with E-state index in [4.69, 9.17) is 11.6 Å². The molecular formula is C21H19ClN2O3S. The fourth-order valence-electron chi connectivity index (χ4n) is 2.54. The van der Waals surface area contributed by atoms with Crippen molar-refractivity contribution in [1.29, 1.82) is 0 Å². The number of hydrogen-bond acceptors (Lipinski definition) is 3. The van der Waals surface area contributed by atoms with Crippen molar-refractivity contribution in [3.8, 4) is 0 Å². The minimum absolute atomic E-state index is 0.105. The van der Waals surface area contributed by atoms with Gasteiger partial charge in [-0.1, -0.05) is 17.7 Å². The molecule has 0 spiro atoms. The molecule has 0 aromatic heterocycles. The van der Waals surface area contributed by atoms with E-state index in [0.29, 0.717) is 22.0 Å². The number of aryl methyl sites for hydroxylation is 2. The average Bonchev–Trinajstić information content (AvgIpc) is 2.65. The molecule has 0 radical (unpaired) electrons. The molecule has 0 saturated carbocycles. The molecule has 0 saturated heterocycles. The summed E-state index contributed by atoms with van der Waals surface area (Å²) in [5.74, 6) is -0.268. The second-order valence-corrected chi connectivity index (χ2v) is 8.51. The number of carbonyl (C=O) groups excluding carboxylic acids is 1. The Labute approximate surface area is 169 Å². The summed E-state index contributed by atoms with van der Waals surface area (Å²) in [5, 5.41) is 3.29. The zero-order valence-corrected chi connectivity index (χ0v) is 16.9. The summed E-state index contributed by atoms with van der Waals surface area (Å²) in [6.07, 6.45) is 0. The quantitative estimate of drug-likeness (QED) is 0.616. The summed E-state index contributed by atoms with van der Waals surface area (Å²) in [4.78, 5) is 12.5. The Bertz CT molecular complexity index is 1110. The average molecular weight is 415 g/mol. The van der Waals surface area contributed by atoms with Gasteiger partial charge in [0.1, 0.15) is 0 Å². The van der Waals surface area contributed by atoms with Crippen LogP contribution >= 0.6 is 11.6 Å². The lowest BCUT2D eigenvalue weighted by atomic mass is 10.1. The van der Waals surface area contributed by atoms with Crippen molar-refractivity contribution >= 4 is 38.9 Å². The molecule has 0 aliphatic heterocycles. The van der Waals surface area contributed by atoms with E-state index in [0.717, 1.165) is 11.1 Å². The highest BCUT2D eigenvalue weighted by Gasteiger charge is 2.14. The normalized spacial score (nSPS) is 11.1. The predicted molar refractivity (Wildman–Crippen MR) is 113 cm³/mol. The number of sulfonamides is 1. The largest absolute Gasteiger partial charge is 0.322 e. The van der Waals surface area contributed by atoms with Crippen LogP contribution in [0.15, 0.2) is 71.6 Å². The van der Waals surface area contributed by atoms with E-state index in [1.807, 2.05) is 32.0 Å². The molecule has 3 aromatic carbocycles. The van der Waals surface area contributed by atoms with Gasteiger partial charge in [-0.3, -0.25) is 9.52 Å². The highest BCUT2D eigenvalue weighted by atomic mass is 35.5. The van der Waals surface area contributed by atoms with Gasteiger partial charge in [0.2, 0.25) is 0 Å². The van der Waals surface area contributed by atoms with Gasteiger partial charge in [-0.15, -0.1) is 0 Å². The maximum absolute atomic E-state index is 12.4. The first-order valence-corrected chi connectivity index (χ1v) is 10.4. The molecular weight excluding hydrogens is 396 g/mol. The fraction of sp³-hybridized carbons (Fsp3) is 0.0952. The lowest BCUT2D eigenvalue weighted by Gasteiger charge is -2.10. The van der Waals surface area contributed by atoms with Crippen LogP contribution in [0.2, 0.25) is 5.02 Å². The SMILES string of the molecule is Cc1ccc(NC(=O)c2ccc(NS(=O)(=O)c3ccc(Cl)cc3)cc2)cc1C. The maximum atomic E-state index is 12.4. The van der Waals surface area contributed by atoms with Gasteiger partial charge in [0.15, 0.2) is 0 Å². The Morgan fingerprint density at radius 1 is 0.821 bits per heavy atom. The van der Waals surface area contributed by atoms with Gasteiger partial charge < -0.3 is 5.32 Å². The topological polar surface area (TPSA) is 75.3 Å². The van der Waals surface area contributed by atoms with Crippen LogP contribution < -0.4 is 10.0 Å². The second kappa shape index (κ2) is 8.04. The van der Waals surface area contributed by atoms with Gasteiger partial charge >= 0.3 is 0 Å². The molecule has 3 aromatic rings. The van der Waals surface area contributed by atoms with E-state index in [9.17, 15) is 13.2 Å². The number of halogens is 1. The van der Waals surface area contributed by atoms with E-state index < -0.39 is 10.0 Å². The summed E-state index contributed by atoms with van der Waals surface area (Å²) in [6, 6.07) is 17.8. The van der Waals surface area contributed by atoms with Crippen LogP contribution in [0.3, 0.4) is 0 Å². The minimum Gasteiger partial charge on any atom is -0.322 e. The standard InChI is InChI=1S/C21H19ClN2O3S/c1-14-3-8-19(13-15(14)2)23-21(25)16-4-9-18(10-5-16)24-28(26,27)20-11-6-17(22)7-12-20/h3-13,24H,1-2H3,(H,23,25). The maximum Gasteiger partial charge on any atom is 0.261 e. The summed E-state index contributed by atoms with van der Waals surface area (Å²) in [6.45, 7) is 3.98. The number of anilines is 2. The Morgan fingerprint density at radius 2 is 1.43 bits per heavy atom. The number of amides is 1. The lowest BCUT2D eigenvalue weighted by Crippen LogP contribution is -2.14. The summed E-state index contributed by atoms with van der Waals surface area (Å²) in [5.41, 5.74) is 3.73. The van der Waals surface area contributed by atoms with Crippen molar-refractivity contribution in [3.05, 3.63) is 88.4 Å². The Morgan fingerprint density at radius 3 is 2.04 bits per heavy atom. The van der Waals surface area contributed by atoms with Crippen molar-refractivity contribution in [2.24, 2.45) is 0 Å². The smallest absolute Gasteiger partial charge is 0.261 e. The third kappa shape index (κ3) is 4.71. The number of hydrogen-bond donors (Lipinski definition) is 2. The fourth-order valence-corrected chi connectivity index (χ4v) is 3.72. The molecule has 0 atom stereocenters. The first-order chi connectivity index (χ1) is 13.2. The molecule has 0 heterocycles. The van der Waals surface area contributed by atoms with Crippen molar-refractivity contribution in [2.75, 3.05) is 10.0 Å². The molecule has 1 amide bonds. The number of nitrogens with one attached hydrogen (secondary N) is 2. The molecule has 0 unspecified atom stereocenters. The zero-order valence-electron chi connectivity index (χ0n) is 15.4. The third-order valence-corrected chi connectivity index (χ3v) is 5.94. The summed E-state index contributed by atoms with van der Waals surface area (Å²) >= 11 is 5.79. The Balaban J connectivity index is 1.71. The molecule has 0 aliphatic rings. The van der Waals surface area contributed by atoms with Gasteiger partial charge in [-0.25, -0.2) is 8.42 Å². The molecule has 0 aliphatic carbocycles. The van der Waals surface area contributed by atoms with Gasteiger partial charge in [-0.05, 0) is 85.6 Å². The van der Waals surface area contributed by atoms with Crippen molar-refractivity contribution in [1.82, 2.24) is 0 Å². The van der Waals surface area contributed by atoms with E-state index >= 15 is 0 Å². The predicted octanol–water partition coefficient (Wildman–Crippen LogP) is 5.01. The van der Waals surface area contributed by atoms with E-state index in [2.05, 4.69) is 10.0 Å². The molecule has 0 bridgehead atoms. The summed E-state index contributed by atoms with van der Waals surface area (Å²) in [7, 11) is -3.73. The van der Waals surface area contributed by atoms with Gasteiger partial charge in [0.05, 0.1) is 4.90 Å². The Hall–Kier alpha value is -2.83. The molecule has 3 rings (SSSR count). The molecule has 5 nitrogen and oxygen atoms in total. The Kier molecular flexibility index (Phi) is 5.72. The van der Waals surface area contributed by atoms with Crippen molar-refractivity contribution in [3.63, 3.8) is 0 Å². The molecule has 0 fully saturated rings. The molecule has 144 valence electrons. The van der Waals surface area contributed by atoms with E-state index in [1.54, 1.807) is 24.3 Å². The number of rotatable bonds is 5. The number of carbonyl (C=O) groups is 1.